The SMILES string of the molecule is COc1cc(CN(C)C(=O)CCc2ncc(-c3ccc(Cl)cc3)o2)ccc1OC(F)F. The number of alkyl halides is 2. The van der Waals surface area contributed by atoms with E-state index in [0.29, 0.717) is 23.1 Å². The molecule has 0 radical (unpaired) electrons. The zero-order valence-corrected chi connectivity index (χ0v) is 17.7. The number of oxazole rings is 1. The Labute approximate surface area is 183 Å². The number of methoxy groups -OCH3 is 1. The number of aromatic nitrogens is 1. The maximum Gasteiger partial charge on any atom is 0.387 e. The molecule has 9 heteroatoms. The maximum absolute atomic E-state index is 12.5. The maximum atomic E-state index is 12.5. The summed E-state index contributed by atoms with van der Waals surface area (Å²) in [6.07, 6.45) is 2.17. The summed E-state index contributed by atoms with van der Waals surface area (Å²) in [4.78, 5) is 18.2. The minimum Gasteiger partial charge on any atom is -0.493 e. The van der Waals surface area contributed by atoms with E-state index in [2.05, 4.69) is 9.72 Å². The van der Waals surface area contributed by atoms with Crippen molar-refractivity contribution >= 4 is 17.5 Å². The first-order chi connectivity index (χ1) is 14.9. The molecule has 0 aliphatic rings. The fourth-order valence-corrected chi connectivity index (χ4v) is 3.07. The molecule has 0 fully saturated rings. The monoisotopic (exact) mass is 450 g/mol. The van der Waals surface area contributed by atoms with Crippen LogP contribution in [-0.4, -0.2) is 36.6 Å². The number of ether oxygens (including phenoxy) is 2. The summed E-state index contributed by atoms with van der Waals surface area (Å²) in [7, 11) is 3.02. The molecule has 1 aromatic heterocycles. The Morgan fingerprint density at radius 3 is 2.61 bits per heavy atom. The number of aryl methyl sites for hydroxylation is 1. The minimum absolute atomic E-state index is 0.0596. The third kappa shape index (κ3) is 6.18. The van der Waals surface area contributed by atoms with Crippen LogP contribution in [0, 0.1) is 0 Å². The van der Waals surface area contributed by atoms with Gasteiger partial charge in [-0.25, -0.2) is 4.98 Å². The second-order valence-electron chi connectivity index (χ2n) is 6.74. The lowest BCUT2D eigenvalue weighted by molar-refractivity contribution is -0.130. The van der Waals surface area contributed by atoms with Crippen LogP contribution in [0.25, 0.3) is 11.3 Å². The van der Waals surface area contributed by atoms with Gasteiger partial charge in [0, 0.05) is 37.0 Å². The zero-order chi connectivity index (χ0) is 22.4. The van der Waals surface area contributed by atoms with Gasteiger partial charge in [-0.3, -0.25) is 4.79 Å². The van der Waals surface area contributed by atoms with Gasteiger partial charge < -0.3 is 18.8 Å². The normalized spacial score (nSPS) is 10.9. The van der Waals surface area contributed by atoms with E-state index >= 15 is 0 Å². The second kappa shape index (κ2) is 10.3. The van der Waals surface area contributed by atoms with Gasteiger partial charge in [-0.15, -0.1) is 0 Å². The Kier molecular flexibility index (Phi) is 7.46. The lowest BCUT2D eigenvalue weighted by Crippen LogP contribution is -2.26. The van der Waals surface area contributed by atoms with E-state index in [9.17, 15) is 13.6 Å². The van der Waals surface area contributed by atoms with Gasteiger partial charge in [-0.2, -0.15) is 8.78 Å². The summed E-state index contributed by atoms with van der Waals surface area (Å²) < 4.78 is 40.1. The smallest absolute Gasteiger partial charge is 0.387 e. The fraction of sp³-hybridized carbons (Fsp3) is 0.273. The molecule has 1 heterocycles. The summed E-state index contributed by atoms with van der Waals surface area (Å²) in [5.41, 5.74) is 1.57. The van der Waals surface area contributed by atoms with E-state index in [-0.39, 0.29) is 30.4 Å². The number of carbonyl (C=O) groups excluding carboxylic acids is 1. The Balaban J connectivity index is 1.56. The van der Waals surface area contributed by atoms with E-state index in [1.54, 1.807) is 37.5 Å². The summed E-state index contributed by atoms with van der Waals surface area (Å²) in [5.74, 6) is 1.06. The number of hydrogen-bond donors (Lipinski definition) is 0. The average molecular weight is 451 g/mol. The van der Waals surface area contributed by atoms with Crippen molar-refractivity contribution in [2.45, 2.75) is 26.0 Å². The van der Waals surface area contributed by atoms with E-state index in [4.69, 9.17) is 20.8 Å². The lowest BCUT2D eigenvalue weighted by atomic mass is 10.2. The first-order valence-corrected chi connectivity index (χ1v) is 9.80. The van der Waals surface area contributed by atoms with Gasteiger partial charge in [0.1, 0.15) is 0 Å². The number of rotatable bonds is 9. The minimum atomic E-state index is -2.94. The largest absolute Gasteiger partial charge is 0.493 e. The summed E-state index contributed by atoms with van der Waals surface area (Å²) >= 11 is 5.89. The number of hydrogen-bond acceptors (Lipinski definition) is 5. The molecular formula is C22H21ClF2N2O4. The number of carbonyl (C=O) groups is 1. The molecule has 164 valence electrons. The highest BCUT2D eigenvalue weighted by Gasteiger charge is 2.15. The molecule has 0 saturated heterocycles. The number of amides is 1. The predicted octanol–water partition coefficient (Wildman–Crippen LogP) is 5.20. The first kappa shape index (κ1) is 22.6. The first-order valence-electron chi connectivity index (χ1n) is 9.42. The van der Waals surface area contributed by atoms with E-state index < -0.39 is 6.61 Å². The fourth-order valence-electron chi connectivity index (χ4n) is 2.94. The van der Waals surface area contributed by atoms with Crippen LogP contribution in [0.15, 0.2) is 53.1 Å². The van der Waals surface area contributed by atoms with Crippen LogP contribution >= 0.6 is 11.6 Å². The molecule has 3 aromatic rings. The van der Waals surface area contributed by atoms with Crippen molar-refractivity contribution in [3.63, 3.8) is 0 Å². The predicted molar refractivity (Wildman–Crippen MR) is 111 cm³/mol. The van der Waals surface area contributed by atoms with Gasteiger partial charge in [0.05, 0.1) is 13.3 Å². The van der Waals surface area contributed by atoms with Gasteiger partial charge >= 0.3 is 6.61 Å². The van der Waals surface area contributed by atoms with Gasteiger partial charge in [-0.05, 0) is 42.0 Å². The molecule has 0 aliphatic carbocycles. The highest BCUT2D eigenvalue weighted by Crippen LogP contribution is 2.30. The van der Waals surface area contributed by atoms with Crippen LogP contribution in [0.5, 0.6) is 11.5 Å². The third-order valence-corrected chi connectivity index (χ3v) is 4.78. The molecule has 0 bridgehead atoms. The molecule has 2 aromatic carbocycles. The second-order valence-corrected chi connectivity index (χ2v) is 7.18. The van der Waals surface area contributed by atoms with Crippen molar-refractivity contribution in [3.05, 3.63) is 65.1 Å². The molecule has 1 amide bonds. The van der Waals surface area contributed by atoms with Crippen LogP contribution < -0.4 is 9.47 Å². The summed E-state index contributed by atoms with van der Waals surface area (Å²) in [6.45, 7) is -2.66. The van der Waals surface area contributed by atoms with Gasteiger partial charge in [0.2, 0.25) is 5.91 Å². The van der Waals surface area contributed by atoms with Crippen molar-refractivity contribution < 1.29 is 27.5 Å². The Bertz CT molecular complexity index is 1020. The van der Waals surface area contributed by atoms with Crippen LogP contribution in [0.3, 0.4) is 0 Å². The third-order valence-electron chi connectivity index (χ3n) is 4.52. The Hall–Kier alpha value is -3.13. The molecular weight excluding hydrogens is 430 g/mol. The van der Waals surface area contributed by atoms with Crippen molar-refractivity contribution in [3.8, 4) is 22.8 Å². The van der Waals surface area contributed by atoms with Crippen molar-refractivity contribution in [2.75, 3.05) is 14.2 Å². The summed E-state index contributed by atoms with van der Waals surface area (Å²) in [5, 5.41) is 0.630. The van der Waals surface area contributed by atoms with Crippen LogP contribution in [-0.2, 0) is 17.8 Å². The van der Waals surface area contributed by atoms with E-state index in [1.165, 1.54) is 18.1 Å². The Morgan fingerprint density at radius 2 is 1.94 bits per heavy atom. The molecule has 0 N–H and O–H groups in total. The Morgan fingerprint density at radius 1 is 1.19 bits per heavy atom. The van der Waals surface area contributed by atoms with Crippen LogP contribution in [0.1, 0.15) is 17.9 Å². The molecule has 0 atom stereocenters. The standard InChI is InChI=1S/C22H21ClF2N2O4/c1-27(13-14-3-8-17(31-22(24)25)18(11-14)29-2)21(28)10-9-20-26-12-19(30-20)15-4-6-16(23)7-5-15/h3-8,11-12,22H,9-10,13H2,1-2H3. The molecule has 0 saturated carbocycles. The molecule has 3 rings (SSSR count). The van der Waals surface area contributed by atoms with E-state index in [0.717, 1.165) is 11.1 Å². The summed E-state index contributed by atoms with van der Waals surface area (Å²) in [6, 6.07) is 11.8. The lowest BCUT2D eigenvalue weighted by Gasteiger charge is -2.18. The quantitative estimate of drug-likeness (QED) is 0.448. The molecule has 0 unspecified atom stereocenters. The van der Waals surface area contributed by atoms with Crippen LogP contribution in [0.2, 0.25) is 5.02 Å². The molecule has 31 heavy (non-hydrogen) atoms. The van der Waals surface area contributed by atoms with Crippen molar-refractivity contribution in [1.82, 2.24) is 9.88 Å². The number of benzene rings is 2. The van der Waals surface area contributed by atoms with Gasteiger partial charge in [-0.1, -0.05) is 17.7 Å². The highest BCUT2D eigenvalue weighted by atomic mass is 35.5. The highest BCUT2D eigenvalue weighted by molar-refractivity contribution is 6.30. The van der Waals surface area contributed by atoms with Gasteiger partial charge in [0.25, 0.3) is 0 Å². The average Bonchev–Trinajstić information content (AvgIpc) is 3.22. The molecule has 0 spiro atoms. The zero-order valence-electron chi connectivity index (χ0n) is 17.0. The van der Waals surface area contributed by atoms with Crippen molar-refractivity contribution in [1.29, 1.82) is 0 Å². The van der Waals surface area contributed by atoms with Crippen LogP contribution in [0.4, 0.5) is 8.78 Å². The number of halogens is 3. The van der Waals surface area contributed by atoms with Gasteiger partial charge in [0.15, 0.2) is 23.1 Å². The van der Waals surface area contributed by atoms with E-state index in [1.807, 2.05) is 12.1 Å². The number of nitrogens with zero attached hydrogens (tertiary/aromatic N) is 2. The van der Waals surface area contributed by atoms with Crippen molar-refractivity contribution in [2.24, 2.45) is 0 Å². The molecule has 6 nitrogen and oxygen atoms in total. The molecule has 0 aliphatic heterocycles. The topological polar surface area (TPSA) is 64.8 Å².